The smallest absolute Gasteiger partial charge is 0.361 e. The molecule has 0 N–H and O–H groups in total. The van der Waals surface area contributed by atoms with Crippen LogP contribution in [0, 0.1) is 0 Å². The number of likely N-dealkylation sites (N-methyl/N-ethyl adjacent to an activating group) is 1. The number of amides is 1. The molecule has 0 saturated carbocycles. The van der Waals surface area contributed by atoms with Crippen molar-refractivity contribution in [2.45, 2.75) is 19.8 Å². The lowest BCUT2D eigenvalue weighted by atomic mass is 9.94. The van der Waals surface area contributed by atoms with E-state index in [0.29, 0.717) is 11.3 Å². The Hall–Kier alpha value is -2.47. The number of hydrogen-bond donors (Lipinski definition) is 0. The molecular weight excluding hydrogens is 298 g/mol. The van der Waals surface area contributed by atoms with Gasteiger partial charge in [-0.1, -0.05) is 23.4 Å². The minimum absolute atomic E-state index is 0.0594. The van der Waals surface area contributed by atoms with E-state index in [1.54, 1.807) is 32.3 Å². The molecule has 1 aliphatic heterocycles. The number of ether oxygens (including phenoxy) is 1. The molecule has 1 amide bonds. The van der Waals surface area contributed by atoms with Gasteiger partial charge in [0.2, 0.25) is 0 Å². The number of quaternary nitrogens is 1. The van der Waals surface area contributed by atoms with Crippen molar-refractivity contribution in [2.24, 2.45) is 0 Å². The number of Topliss-reactive ketones (excluding diaryl/α,β-unsaturated/α-hetero) is 1. The molecular formula is C17H20NO5+. The topological polar surface area (TPSA) is 69.7 Å². The molecule has 0 aromatic heterocycles. The van der Waals surface area contributed by atoms with Crippen molar-refractivity contribution in [2.75, 3.05) is 20.7 Å². The monoisotopic (exact) mass is 318 g/mol. The van der Waals surface area contributed by atoms with Gasteiger partial charge in [-0.25, -0.2) is 4.79 Å². The number of rotatable bonds is 4. The first kappa shape index (κ1) is 16.9. The van der Waals surface area contributed by atoms with Crippen LogP contribution in [0.2, 0.25) is 0 Å². The Morgan fingerprint density at radius 1 is 1.35 bits per heavy atom. The normalized spacial score (nSPS) is 18.6. The van der Waals surface area contributed by atoms with E-state index in [0.717, 1.165) is 5.56 Å². The summed E-state index contributed by atoms with van der Waals surface area (Å²) in [7, 11) is 3.30. The van der Waals surface area contributed by atoms with Crippen molar-refractivity contribution < 1.29 is 28.6 Å². The van der Waals surface area contributed by atoms with Gasteiger partial charge in [-0.3, -0.25) is 9.59 Å². The minimum atomic E-state index is -0.473. The fraction of sp³-hybridized carbons (Fsp3) is 0.353. The molecule has 0 fully saturated rings. The average Bonchev–Trinajstić information content (AvgIpc) is 2.48. The third-order valence-electron chi connectivity index (χ3n) is 3.74. The van der Waals surface area contributed by atoms with Crippen LogP contribution in [0.25, 0.3) is 0 Å². The number of nitrogens with zero attached hydrogens (tertiary/aromatic N) is 1. The molecule has 6 nitrogen and oxygen atoms in total. The highest BCUT2D eigenvalue weighted by atomic mass is 16.7. The van der Waals surface area contributed by atoms with Gasteiger partial charge in [0.1, 0.15) is 26.6 Å². The second-order valence-electron chi connectivity index (χ2n) is 5.97. The molecule has 0 aliphatic carbocycles. The number of esters is 1. The highest BCUT2D eigenvalue weighted by Gasteiger charge is 2.42. The molecule has 23 heavy (non-hydrogen) atoms. The molecule has 1 heterocycles. The van der Waals surface area contributed by atoms with Crippen LogP contribution < -0.4 is 4.84 Å². The van der Waals surface area contributed by atoms with Gasteiger partial charge in [-0.15, -0.1) is 0 Å². The standard InChI is InChI=1S/C17H20NO5/c1-10(9-22-12(3)19)16(20)13-6-7-14-11(2)17(21)18(4,5)23-15(14)8-13/h6-8,11H,1,9H2,2-5H3/q+1. The van der Waals surface area contributed by atoms with Crippen molar-refractivity contribution in [1.82, 2.24) is 0 Å². The van der Waals surface area contributed by atoms with E-state index < -0.39 is 5.97 Å². The first-order valence-electron chi connectivity index (χ1n) is 7.21. The number of benzene rings is 1. The Morgan fingerprint density at radius 3 is 2.61 bits per heavy atom. The third-order valence-corrected chi connectivity index (χ3v) is 3.74. The van der Waals surface area contributed by atoms with Crippen LogP contribution in [-0.2, 0) is 14.3 Å². The number of carbonyl (C=O) groups excluding carboxylic acids is 3. The SMILES string of the molecule is C=C(COC(C)=O)C(=O)c1ccc2c(c1)O[N+](C)(C)C(=O)C2C. The summed E-state index contributed by atoms with van der Waals surface area (Å²) in [5.41, 5.74) is 1.30. The van der Waals surface area contributed by atoms with Crippen LogP contribution in [0.5, 0.6) is 5.75 Å². The maximum atomic E-state index is 12.3. The zero-order valence-electron chi connectivity index (χ0n) is 13.7. The summed E-state index contributed by atoms with van der Waals surface area (Å²) in [6.45, 7) is 6.57. The Labute approximate surface area is 134 Å². The molecule has 0 radical (unpaired) electrons. The molecule has 1 aromatic carbocycles. The van der Waals surface area contributed by atoms with E-state index in [-0.39, 0.29) is 34.4 Å². The number of fused-ring (bicyclic) bond motifs is 1. The fourth-order valence-corrected chi connectivity index (χ4v) is 2.46. The summed E-state index contributed by atoms with van der Waals surface area (Å²) in [4.78, 5) is 41.0. The number of hydrogen-bond acceptors (Lipinski definition) is 5. The Bertz CT molecular complexity index is 705. The molecule has 0 spiro atoms. The molecule has 122 valence electrons. The van der Waals surface area contributed by atoms with Gasteiger partial charge >= 0.3 is 11.9 Å². The second kappa shape index (κ2) is 5.96. The lowest BCUT2D eigenvalue weighted by Gasteiger charge is -2.33. The van der Waals surface area contributed by atoms with Gasteiger partial charge in [0.15, 0.2) is 11.5 Å². The molecule has 6 heteroatoms. The van der Waals surface area contributed by atoms with Crippen LogP contribution in [-0.4, -0.2) is 43.0 Å². The predicted molar refractivity (Wildman–Crippen MR) is 82.7 cm³/mol. The van der Waals surface area contributed by atoms with Crippen LogP contribution >= 0.6 is 0 Å². The summed E-state index contributed by atoms with van der Waals surface area (Å²) in [6, 6.07) is 4.93. The third kappa shape index (κ3) is 3.32. The van der Waals surface area contributed by atoms with Crippen molar-refractivity contribution >= 4 is 17.7 Å². The van der Waals surface area contributed by atoms with Gasteiger partial charge in [0, 0.05) is 23.6 Å². The fourth-order valence-electron chi connectivity index (χ4n) is 2.46. The Kier molecular flexibility index (Phi) is 4.38. The summed E-state index contributed by atoms with van der Waals surface area (Å²) >= 11 is 0. The first-order chi connectivity index (χ1) is 10.6. The van der Waals surface area contributed by atoms with E-state index >= 15 is 0 Å². The quantitative estimate of drug-likeness (QED) is 0.367. The number of hydroxylamine groups is 3. The van der Waals surface area contributed by atoms with Gasteiger partial charge in [0.25, 0.3) is 0 Å². The molecule has 0 bridgehead atoms. The maximum absolute atomic E-state index is 12.3. The lowest BCUT2D eigenvalue weighted by molar-refractivity contribution is -0.984. The largest absolute Gasteiger partial charge is 0.461 e. The molecule has 1 aromatic rings. The van der Waals surface area contributed by atoms with E-state index in [4.69, 9.17) is 9.57 Å². The Morgan fingerprint density at radius 2 is 2.00 bits per heavy atom. The van der Waals surface area contributed by atoms with Crippen LogP contribution in [0.15, 0.2) is 30.4 Å². The van der Waals surface area contributed by atoms with Crippen molar-refractivity contribution in [1.29, 1.82) is 0 Å². The first-order valence-corrected chi connectivity index (χ1v) is 7.21. The summed E-state index contributed by atoms with van der Waals surface area (Å²) in [5.74, 6) is -0.683. The average molecular weight is 318 g/mol. The molecule has 1 atom stereocenters. The summed E-state index contributed by atoms with van der Waals surface area (Å²) in [5, 5.41) is 0. The minimum Gasteiger partial charge on any atom is -0.461 e. The van der Waals surface area contributed by atoms with E-state index in [1.807, 2.05) is 6.92 Å². The number of carbonyl (C=O) groups is 3. The highest BCUT2D eigenvalue weighted by molar-refractivity contribution is 6.09. The highest BCUT2D eigenvalue weighted by Crippen LogP contribution is 2.36. The van der Waals surface area contributed by atoms with E-state index in [1.165, 1.54) is 6.92 Å². The predicted octanol–water partition coefficient (Wildman–Crippen LogP) is 2.00. The van der Waals surface area contributed by atoms with Gasteiger partial charge in [0.05, 0.1) is 0 Å². The van der Waals surface area contributed by atoms with Crippen molar-refractivity contribution in [3.05, 3.63) is 41.5 Å². The lowest BCUT2D eigenvalue weighted by Crippen LogP contribution is -2.53. The zero-order valence-corrected chi connectivity index (χ0v) is 13.7. The summed E-state index contributed by atoms with van der Waals surface area (Å²) < 4.78 is 4.55. The summed E-state index contributed by atoms with van der Waals surface area (Å²) in [6.07, 6.45) is 0. The van der Waals surface area contributed by atoms with Crippen LogP contribution in [0.4, 0.5) is 0 Å². The molecule has 2 rings (SSSR count). The number of ketones is 1. The molecule has 1 aliphatic rings. The van der Waals surface area contributed by atoms with Gasteiger partial charge in [-0.05, 0) is 13.0 Å². The van der Waals surface area contributed by atoms with Gasteiger partial charge in [-0.2, -0.15) is 0 Å². The van der Waals surface area contributed by atoms with Crippen molar-refractivity contribution in [3.63, 3.8) is 0 Å². The maximum Gasteiger partial charge on any atom is 0.361 e. The zero-order chi connectivity index (χ0) is 17.4. The van der Waals surface area contributed by atoms with Crippen LogP contribution in [0.1, 0.15) is 35.7 Å². The van der Waals surface area contributed by atoms with Crippen molar-refractivity contribution in [3.8, 4) is 5.75 Å². The van der Waals surface area contributed by atoms with Crippen LogP contribution in [0.3, 0.4) is 0 Å². The Balaban J connectivity index is 2.28. The van der Waals surface area contributed by atoms with E-state index in [2.05, 4.69) is 6.58 Å². The van der Waals surface area contributed by atoms with Gasteiger partial charge < -0.3 is 9.57 Å². The van der Waals surface area contributed by atoms with E-state index in [9.17, 15) is 14.4 Å². The second-order valence-corrected chi connectivity index (χ2v) is 5.97. The molecule has 1 unspecified atom stereocenters. The molecule has 0 saturated heterocycles.